The second-order valence-electron chi connectivity index (χ2n) is 2.56. The molecule has 0 aliphatic rings. The second kappa shape index (κ2) is 4.36. The zero-order valence-electron chi connectivity index (χ0n) is 7.62. The van der Waals surface area contributed by atoms with Crippen LogP contribution in [0.25, 0.3) is 0 Å². The fourth-order valence-electron chi connectivity index (χ4n) is 0.873. The molecule has 1 aromatic heterocycles. The molecular weight excluding hydrogens is 205 g/mol. The lowest BCUT2D eigenvalue weighted by atomic mass is 10.6. The summed E-state index contributed by atoms with van der Waals surface area (Å²) >= 11 is 0. The number of aromatic amines is 1. The SMILES string of the molecule is C=CCNC(=O)n1c(=O)[nH]cc(F)c1=O. The minimum Gasteiger partial charge on any atom is -0.334 e. The van der Waals surface area contributed by atoms with Crippen LogP contribution in [-0.4, -0.2) is 22.1 Å². The van der Waals surface area contributed by atoms with Gasteiger partial charge in [-0.15, -0.1) is 6.58 Å². The highest BCUT2D eigenvalue weighted by Crippen LogP contribution is 1.80. The molecular formula is C8H8FN3O3. The molecule has 0 saturated carbocycles. The van der Waals surface area contributed by atoms with E-state index in [4.69, 9.17) is 0 Å². The number of carbonyl (C=O) groups excluding carboxylic acids is 1. The molecule has 0 aromatic carbocycles. The summed E-state index contributed by atoms with van der Waals surface area (Å²) in [6.07, 6.45) is 1.96. The Morgan fingerprint density at radius 3 is 2.93 bits per heavy atom. The summed E-state index contributed by atoms with van der Waals surface area (Å²) in [5.74, 6) is -1.21. The van der Waals surface area contributed by atoms with Gasteiger partial charge in [-0.1, -0.05) is 6.08 Å². The molecule has 7 heteroatoms. The average Bonchev–Trinajstić information content (AvgIpc) is 2.21. The minimum atomic E-state index is -1.29. The van der Waals surface area contributed by atoms with Gasteiger partial charge in [-0.2, -0.15) is 8.96 Å². The summed E-state index contributed by atoms with van der Waals surface area (Å²) in [5.41, 5.74) is -2.29. The van der Waals surface area contributed by atoms with Crippen LogP contribution in [0.3, 0.4) is 0 Å². The molecule has 0 radical (unpaired) electrons. The Bertz CT molecular complexity index is 503. The van der Waals surface area contributed by atoms with Crippen LogP contribution in [0.15, 0.2) is 28.4 Å². The molecule has 15 heavy (non-hydrogen) atoms. The highest BCUT2D eigenvalue weighted by molar-refractivity contribution is 5.76. The van der Waals surface area contributed by atoms with Gasteiger partial charge in [0, 0.05) is 12.7 Å². The van der Waals surface area contributed by atoms with Crippen molar-refractivity contribution in [2.75, 3.05) is 6.54 Å². The van der Waals surface area contributed by atoms with E-state index in [-0.39, 0.29) is 11.1 Å². The van der Waals surface area contributed by atoms with Gasteiger partial charge in [-0.05, 0) is 0 Å². The largest absolute Gasteiger partial charge is 0.336 e. The summed E-state index contributed by atoms with van der Waals surface area (Å²) < 4.78 is 12.9. The molecule has 1 rings (SSSR count). The van der Waals surface area contributed by atoms with Gasteiger partial charge in [0.15, 0.2) is 0 Å². The zero-order valence-corrected chi connectivity index (χ0v) is 7.62. The van der Waals surface area contributed by atoms with Gasteiger partial charge in [-0.25, -0.2) is 9.59 Å². The maximum Gasteiger partial charge on any atom is 0.336 e. The third kappa shape index (κ3) is 2.19. The smallest absolute Gasteiger partial charge is 0.334 e. The summed E-state index contributed by atoms with van der Waals surface area (Å²) in [7, 11) is 0. The molecule has 0 unspecified atom stereocenters. The van der Waals surface area contributed by atoms with Crippen molar-refractivity contribution in [1.29, 1.82) is 0 Å². The zero-order chi connectivity index (χ0) is 11.4. The van der Waals surface area contributed by atoms with E-state index in [0.717, 1.165) is 0 Å². The molecule has 0 fully saturated rings. The number of nitrogens with one attached hydrogen (secondary N) is 2. The fraction of sp³-hybridized carbons (Fsp3) is 0.125. The van der Waals surface area contributed by atoms with Crippen molar-refractivity contribution >= 4 is 6.03 Å². The maximum atomic E-state index is 12.7. The van der Waals surface area contributed by atoms with Crippen LogP contribution in [0.2, 0.25) is 0 Å². The molecule has 0 spiro atoms. The highest BCUT2D eigenvalue weighted by atomic mass is 19.1. The van der Waals surface area contributed by atoms with Crippen LogP contribution in [0, 0.1) is 5.82 Å². The van der Waals surface area contributed by atoms with Crippen molar-refractivity contribution in [3.63, 3.8) is 0 Å². The Hall–Kier alpha value is -2.18. The standard InChI is InChI=1S/C8H8FN3O3/c1-2-3-10-7(14)12-6(13)5(9)4-11-8(12)15/h2,4H,1,3H2,(H,10,14)(H,11,15). The second-order valence-corrected chi connectivity index (χ2v) is 2.56. The lowest BCUT2D eigenvalue weighted by Crippen LogP contribution is -2.46. The number of amides is 1. The van der Waals surface area contributed by atoms with Crippen LogP contribution in [0.4, 0.5) is 9.18 Å². The van der Waals surface area contributed by atoms with Crippen molar-refractivity contribution in [2.24, 2.45) is 0 Å². The lowest BCUT2D eigenvalue weighted by molar-refractivity contribution is 0.241. The Labute approximate surface area is 83.1 Å². The van der Waals surface area contributed by atoms with E-state index in [1.165, 1.54) is 6.08 Å². The molecule has 0 bridgehead atoms. The third-order valence-electron chi connectivity index (χ3n) is 1.53. The first-order chi connectivity index (χ1) is 7.07. The third-order valence-corrected chi connectivity index (χ3v) is 1.53. The number of rotatable bonds is 2. The normalized spacial score (nSPS) is 9.67. The van der Waals surface area contributed by atoms with Gasteiger partial charge in [-0.3, -0.25) is 4.79 Å². The summed E-state index contributed by atoms with van der Waals surface area (Å²) in [5, 5.41) is 2.18. The highest BCUT2D eigenvalue weighted by Gasteiger charge is 2.12. The maximum absolute atomic E-state index is 12.7. The summed E-state index contributed by atoms with van der Waals surface area (Å²) in [6.45, 7) is 3.40. The van der Waals surface area contributed by atoms with E-state index < -0.39 is 23.1 Å². The molecule has 6 nitrogen and oxygen atoms in total. The molecule has 1 heterocycles. The van der Waals surface area contributed by atoms with Gasteiger partial charge >= 0.3 is 17.3 Å². The van der Waals surface area contributed by atoms with Crippen LogP contribution < -0.4 is 16.6 Å². The predicted octanol–water partition coefficient (Wildman–Crippen LogP) is -0.581. The molecule has 0 saturated heterocycles. The predicted molar refractivity (Wildman–Crippen MR) is 50.3 cm³/mol. The number of hydrogen-bond donors (Lipinski definition) is 2. The summed E-state index contributed by atoms with van der Waals surface area (Å²) in [4.78, 5) is 35.3. The van der Waals surface area contributed by atoms with Gasteiger partial charge in [0.05, 0.1) is 0 Å². The van der Waals surface area contributed by atoms with Crippen LogP contribution in [-0.2, 0) is 0 Å². The molecule has 0 aliphatic heterocycles. The van der Waals surface area contributed by atoms with Crippen LogP contribution >= 0.6 is 0 Å². The Morgan fingerprint density at radius 2 is 2.33 bits per heavy atom. The minimum absolute atomic E-state index is 0.0707. The van der Waals surface area contributed by atoms with Crippen molar-refractivity contribution < 1.29 is 9.18 Å². The average molecular weight is 213 g/mol. The van der Waals surface area contributed by atoms with E-state index >= 15 is 0 Å². The Morgan fingerprint density at radius 1 is 1.67 bits per heavy atom. The summed E-state index contributed by atoms with van der Waals surface area (Å²) in [6, 6.07) is -0.999. The topological polar surface area (TPSA) is 84.0 Å². The first-order valence-electron chi connectivity index (χ1n) is 3.97. The van der Waals surface area contributed by atoms with Crippen molar-refractivity contribution in [2.45, 2.75) is 0 Å². The number of aromatic nitrogens is 2. The number of hydrogen-bond acceptors (Lipinski definition) is 3. The number of nitrogens with zero attached hydrogens (tertiary/aromatic N) is 1. The van der Waals surface area contributed by atoms with E-state index in [1.54, 1.807) is 0 Å². The fourth-order valence-corrected chi connectivity index (χ4v) is 0.873. The number of H-pyrrole nitrogens is 1. The van der Waals surface area contributed by atoms with Crippen LogP contribution in [0.1, 0.15) is 0 Å². The van der Waals surface area contributed by atoms with Crippen LogP contribution in [0.5, 0.6) is 0 Å². The van der Waals surface area contributed by atoms with E-state index in [9.17, 15) is 18.8 Å². The van der Waals surface area contributed by atoms with Gasteiger partial charge in [0.1, 0.15) is 0 Å². The van der Waals surface area contributed by atoms with Gasteiger partial charge < -0.3 is 10.3 Å². The number of halogens is 1. The van der Waals surface area contributed by atoms with E-state index in [2.05, 4.69) is 11.9 Å². The molecule has 0 atom stereocenters. The molecule has 2 N–H and O–H groups in total. The quantitative estimate of drug-likeness (QED) is 0.644. The van der Waals surface area contributed by atoms with E-state index in [0.29, 0.717) is 6.20 Å². The monoisotopic (exact) mass is 213 g/mol. The lowest BCUT2D eigenvalue weighted by Gasteiger charge is -2.02. The first kappa shape index (κ1) is 10.9. The molecule has 80 valence electrons. The molecule has 0 aliphatic carbocycles. The van der Waals surface area contributed by atoms with Gasteiger partial charge in [0.2, 0.25) is 5.82 Å². The molecule has 1 amide bonds. The van der Waals surface area contributed by atoms with Crippen molar-refractivity contribution in [1.82, 2.24) is 14.9 Å². The van der Waals surface area contributed by atoms with Crippen molar-refractivity contribution in [3.05, 3.63) is 45.5 Å². The Kier molecular flexibility index (Phi) is 3.17. The van der Waals surface area contributed by atoms with Gasteiger partial charge in [0.25, 0.3) is 0 Å². The van der Waals surface area contributed by atoms with Crippen molar-refractivity contribution in [3.8, 4) is 0 Å². The van der Waals surface area contributed by atoms with E-state index in [1.807, 2.05) is 4.98 Å². The number of carbonyl (C=O) groups is 1. The Balaban J connectivity index is 3.19. The molecule has 1 aromatic rings. The first-order valence-corrected chi connectivity index (χ1v) is 3.97.